The van der Waals surface area contributed by atoms with Crippen molar-refractivity contribution in [2.75, 3.05) is 6.54 Å². The Labute approximate surface area is 161 Å². The summed E-state index contributed by atoms with van der Waals surface area (Å²) in [6, 6.07) is 13.6. The fraction of sp³-hybridized carbons (Fsp3) is 0.333. The lowest BCUT2D eigenvalue weighted by Gasteiger charge is -2.22. The molecule has 2 saturated heterocycles. The van der Waals surface area contributed by atoms with Crippen molar-refractivity contribution >= 4 is 23.2 Å². The van der Waals surface area contributed by atoms with Crippen LogP contribution in [0.3, 0.4) is 0 Å². The van der Waals surface area contributed by atoms with Crippen molar-refractivity contribution in [3.05, 3.63) is 70.4 Å². The van der Waals surface area contributed by atoms with Crippen LogP contribution in [0, 0.1) is 11.8 Å². The lowest BCUT2D eigenvalue weighted by Crippen LogP contribution is -2.39. The highest BCUT2D eigenvalue weighted by atomic mass is 32.1. The van der Waals surface area contributed by atoms with Crippen molar-refractivity contribution in [2.45, 2.75) is 24.9 Å². The molecule has 2 aromatic rings. The maximum absolute atomic E-state index is 13.1. The van der Waals surface area contributed by atoms with Gasteiger partial charge in [0, 0.05) is 4.88 Å². The minimum absolute atomic E-state index is 0.0167. The molecular weight excluding hydrogens is 362 g/mol. The second kappa shape index (κ2) is 6.32. The van der Waals surface area contributed by atoms with E-state index in [1.54, 1.807) is 16.2 Å². The molecule has 1 amide bonds. The average Bonchev–Trinajstić information content (AvgIpc) is 3.44. The second-order valence-electron chi connectivity index (χ2n) is 7.27. The van der Waals surface area contributed by atoms with E-state index in [0.29, 0.717) is 13.1 Å². The predicted octanol–water partition coefficient (Wildman–Crippen LogP) is 2.77. The molecule has 3 aliphatic heterocycles. The Morgan fingerprint density at radius 3 is 2.89 bits per heavy atom. The summed E-state index contributed by atoms with van der Waals surface area (Å²) < 4.78 is 11.7. The van der Waals surface area contributed by atoms with Crippen molar-refractivity contribution in [3.63, 3.8) is 0 Å². The Kier molecular flexibility index (Phi) is 3.91. The zero-order valence-corrected chi connectivity index (χ0v) is 15.4. The van der Waals surface area contributed by atoms with E-state index in [1.165, 1.54) is 0 Å². The SMILES string of the molecule is O=C(OCc1ccccc1)[C@@H]1[C@H]2C(=O)N(Cc3cccs3)C[C@]23C=C[C@H]1O3. The molecule has 27 heavy (non-hydrogen) atoms. The predicted molar refractivity (Wildman–Crippen MR) is 99.7 cm³/mol. The number of benzene rings is 1. The first-order chi connectivity index (χ1) is 13.2. The first-order valence-corrected chi connectivity index (χ1v) is 9.93. The number of hydrogen-bond acceptors (Lipinski definition) is 5. The Balaban J connectivity index is 1.33. The minimum atomic E-state index is -0.685. The molecule has 5 rings (SSSR count). The topological polar surface area (TPSA) is 55.8 Å². The Bertz CT molecular complexity index is 894. The van der Waals surface area contributed by atoms with E-state index >= 15 is 0 Å². The molecule has 2 fully saturated rings. The number of carbonyl (C=O) groups excluding carboxylic acids is 2. The molecule has 0 unspecified atom stereocenters. The van der Waals surface area contributed by atoms with Gasteiger partial charge in [-0.1, -0.05) is 48.6 Å². The maximum atomic E-state index is 13.1. The molecule has 138 valence electrons. The summed E-state index contributed by atoms with van der Waals surface area (Å²) in [5, 5.41) is 2.00. The van der Waals surface area contributed by atoms with Gasteiger partial charge in [-0.3, -0.25) is 9.59 Å². The van der Waals surface area contributed by atoms with Gasteiger partial charge in [0.1, 0.15) is 18.1 Å². The van der Waals surface area contributed by atoms with Crippen LogP contribution in [0.5, 0.6) is 0 Å². The third-order valence-corrected chi connectivity index (χ3v) is 6.46. The van der Waals surface area contributed by atoms with Crippen LogP contribution < -0.4 is 0 Å². The smallest absolute Gasteiger partial charge is 0.313 e. The molecule has 5 nitrogen and oxygen atoms in total. The highest BCUT2D eigenvalue weighted by Gasteiger charge is 2.67. The summed E-state index contributed by atoms with van der Waals surface area (Å²) in [7, 11) is 0. The van der Waals surface area contributed by atoms with Gasteiger partial charge in [-0.2, -0.15) is 0 Å². The van der Waals surface area contributed by atoms with Crippen molar-refractivity contribution in [1.29, 1.82) is 0 Å². The van der Waals surface area contributed by atoms with Crippen LogP contribution >= 0.6 is 11.3 Å². The van der Waals surface area contributed by atoms with Crippen molar-refractivity contribution < 1.29 is 19.1 Å². The molecule has 2 bridgehead atoms. The van der Waals surface area contributed by atoms with Gasteiger partial charge in [-0.15, -0.1) is 11.3 Å². The van der Waals surface area contributed by atoms with Gasteiger partial charge < -0.3 is 14.4 Å². The lowest BCUT2D eigenvalue weighted by molar-refractivity contribution is -0.155. The van der Waals surface area contributed by atoms with Crippen molar-refractivity contribution in [1.82, 2.24) is 4.90 Å². The number of hydrogen-bond donors (Lipinski definition) is 0. The van der Waals surface area contributed by atoms with E-state index in [2.05, 4.69) is 0 Å². The first kappa shape index (κ1) is 16.7. The summed E-state index contributed by atoms with van der Waals surface area (Å²) in [6.45, 7) is 1.26. The van der Waals surface area contributed by atoms with E-state index in [1.807, 2.05) is 60.0 Å². The molecule has 0 N–H and O–H groups in total. The van der Waals surface area contributed by atoms with Crippen LogP contribution in [0.4, 0.5) is 0 Å². The van der Waals surface area contributed by atoms with Crippen LogP contribution in [0.15, 0.2) is 60.0 Å². The van der Waals surface area contributed by atoms with Gasteiger partial charge in [0.2, 0.25) is 5.91 Å². The average molecular weight is 381 g/mol. The first-order valence-electron chi connectivity index (χ1n) is 9.05. The van der Waals surface area contributed by atoms with Gasteiger partial charge in [0.15, 0.2) is 0 Å². The van der Waals surface area contributed by atoms with Crippen molar-refractivity contribution in [2.24, 2.45) is 11.8 Å². The molecule has 4 atom stereocenters. The normalized spacial score (nSPS) is 30.7. The van der Waals surface area contributed by atoms with Crippen molar-refractivity contribution in [3.8, 4) is 0 Å². The molecule has 1 aromatic heterocycles. The fourth-order valence-corrected chi connectivity index (χ4v) is 5.12. The van der Waals surface area contributed by atoms with Crippen LogP contribution in [-0.2, 0) is 32.2 Å². The second-order valence-corrected chi connectivity index (χ2v) is 8.30. The number of thiophene rings is 1. The number of amides is 1. The molecule has 3 aliphatic rings. The molecule has 1 aromatic carbocycles. The van der Waals surface area contributed by atoms with E-state index in [9.17, 15) is 9.59 Å². The van der Waals surface area contributed by atoms with Gasteiger partial charge >= 0.3 is 5.97 Å². The number of fused-ring (bicyclic) bond motifs is 1. The summed E-state index contributed by atoms with van der Waals surface area (Å²) in [4.78, 5) is 28.8. The van der Waals surface area contributed by atoms with E-state index in [4.69, 9.17) is 9.47 Å². The van der Waals surface area contributed by atoms with Gasteiger partial charge in [-0.05, 0) is 17.0 Å². The highest BCUT2D eigenvalue weighted by Crippen LogP contribution is 2.52. The van der Waals surface area contributed by atoms with E-state index in [0.717, 1.165) is 10.4 Å². The molecule has 4 heterocycles. The molecule has 0 radical (unpaired) electrons. The Hall–Kier alpha value is -2.44. The quantitative estimate of drug-likeness (QED) is 0.590. The Morgan fingerprint density at radius 2 is 2.11 bits per heavy atom. The molecular formula is C21H19NO4S. The third kappa shape index (κ3) is 2.71. The lowest BCUT2D eigenvalue weighted by atomic mass is 9.77. The number of rotatable bonds is 5. The molecule has 0 saturated carbocycles. The number of nitrogens with zero attached hydrogens (tertiary/aromatic N) is 1. The Morgan fingerprint density at radius 1 is 1.26 bits per heavy atom. The van der Waals surface area contributed by atoms with Crippen LogP contribution in [0.2, 0.25) is 0 Å². The number of ether oxygens (including phenoxy) is 2. The zero-order valence-electron chi connectivity index (χ0n) is 14.6. The zero-order chi connectivity index (χ0) is 18.4. The molecule has 0 aliphatic carbocycles. The number of esters is 1. The monoisotopic (exact) mass is 381 g/mol. The summed E-state index contributed by atoms with van der Waals surface area (Å²) in [5.74, 6) is -1.43. The largest absolute Gasteiger partial charge is 0.460 e. The van der Waals surface area contributed by atoms with Crippen LogP contribution in [0.1, 0.15) is 10.4 Å². The summed E-state index contributed by atoms with van der Waals surface area (Å²) in [6.07, 6.45) is 3.51. The highest BCUT2D eigenvalue weighted by molar-refractivity contribution is 7.09. The third-order valence-electron chi connectivity index (χ3n) is 5.60. The standard InChI is InChI=1S/C21H19NO4S/c23-19-18-17(20(24)25-12-14-5-2-1-3-6-14)16-8-9-21(18,26-16)13-22(19)11-15-7-4-10-27-15/h1-10,16-18H,11-13H2/t16-,17+,18+,21-/m1/s1. The summed E-state index contributed by atoms with van der Waals surface area (Å²) >= 11 is 1.63. The maximum Gasteiger partial charge on any atom is 0.313 e. The van der Waals surface area contributed by atoms with E-state index in [-0.39, 0.29) is 24.6 Å². The van der Waals surface area contributed by atoms with Gasteiger partial charge in [0.05, 0.1) is 25.1 Å². The molecule has 6 heteroatoms. The number of likely N-dealkylation sites (tertiary alicyclic amines) is 1. The van der Waals surface area contributed by atoms with Gasteiger partial charge in [0.25, 0.3) is 0 Å². The van der Waals surface area contributed by atoms with Crippen LogP contribution in [-0.4, -0.2) is 35.0 Å². The number of carbonyl (C=O) groups is 2. The van der Waals surface area contributed by atoms with Crippen LogP contribution in [0.25, 0.3) is 0 Å². The molecule has 1 spiro atoms. The fourth-order valence-electron chi connectivity index (χ4n) is 4.40. The minimum Gasteiger partial charge on any atom is -0.460 e. The van der Waals surface area contributed by atoms with Gasteiger partial charge in [-0.25, -0.2) is 0 Å². The van der Waals surface area contributed by atoms with E-state index < -0.39 is 17.4 Å². The summed E-state index contributed by atoms with van der Waals surface area (Å²) in [5.41, 5.74) is 0.243.